The molecule has 2 N–H and O–H groups in total. The van der Waals surface area contributed by atoms with Crippen LogP contribution in [0, 0.1) is 18.3 Å². The van der Waals surface area contributed by atoms with Crippen LogP contribution in [0.1, 0.15) is 47.3 Å². The Morgan fingerprint density at radius 2 is 2.15 bits per heavy atom. The first-order valence-corrected chi connectivity index (χ1v) is 7.69. The summed E-state index contributed by atoms with van der Waals surface area (Å²) in [4.78, 5) is 28.1. The molecule has 1 aliphatic carbocycles. The standard InChI is InChI=1S/C14H20N2O3S/c1-9-3-5-14(6-4-9,13(18)19)8-16-12(17)11-7-15-10(2)20-11/h7,9H,3-6,8H2,1-2H3,(H,16,17)(H,18,19). The fourth-order valence-electron chi connectivity index (χ4n) is 2.58. The van der Waals surface area contributed by atoms with Crippen LogP contribution in [-0.4, -0.2) is 28.5 Å². The average Bonchev–Trinajstić information content (AvgIpc) is 2.84. The van der Waals surface area contributed by atoms with Crippen LogP contribution in [0.3, 0.4) is 0 Å². The normalized spacial score (nSPS) is 26.2. The zero-order chi connectivity index (χ0) is 14.8. The molecule has 0 radical (unpaired) electrons. The largest absolute Gasteiger partial charge is 0.481 e. The Balaban J connectivity index is 1.99. The average molecular weight is 296 g/mol. The molecule has 0 bridgehead atoms. The molecule has 1 aliphatic rings. The maximum absolute atomic E-state index is 12.0. The fourth-order valence-corrected chi connectivity index (χ4v) is 3.28. The Hall–Kier alpha value is -1.43. The highest BCUT2D eigenvalue weighted by atomic mass is 32.1. The quantitative estimate of drug-likeness (QED) is 0.894. The van der Waals surface area contributed by atoms with Crippen LogP contribution in [0.25, 0.3) is 0 Å². The Bertz CT molecular complexity index is 504. The van der Waals surface area contributed by atoms with Gasteiger partial charge in [-0.1, -0.05) is 6.92 Å². The number of carbonyl (C=O) groups is 2. The molecule has 110 valence electrons. The molecule has 0 saturated heterocycles. The van der Waals surface area contributed by atoms with E-state index < -0.39 is 11.4 Å². The predicted molar refractivity (Wildman–Crippen MR) is 76.9 cm³/mol. The lowest BCUT2D eigenvalue weighted by molar-refractivity contribution is -0.151. The monoisotopic (exact) mass is 296 g/mol. The maximum atomic E-state index is 12.0. The number of carboxylic acid groups (broad SMARTS) is 1. The molecule has 1 heterocycles. The van der Waals surface area contributed by atoms with Gasteiger partial charge in [-0.05, 0) is 38.5 Å². The van der Waals surface area contributed by atoms with Crippen molar-refractivity contribution in [3.8, 4) is 0 Å². The molecular formula is C14H20N2O3S. The van der Waals surface area contributed by atoms with Gasteiger partial charge >= 0.3 is 5.97 Å². The van der Waals surface area contributed by atoms with Gasteiger partial charge in [0.05, 0.1) is 16.6 Å². The minimum absolute atomic E-state index is 0.199. The molecule has 1 aromatic heterocycles. The molecule has 1 fully saturated rings. The second-order valence-corrected chi connectivity index (χ2v) is 6.93. The summed E-state index contributed by atoms with van der Waals surface area (Å²) in [6.45, 7) is 4.18. The number of aliphatic carboxylic acids is 1. The van der Waals surface area contributed by atoms with Crippen LogP contribution in [0.2, 0.25) is 0 Å². The Kier molecular flexibility index (Phi) is 4.42. The van der Waals surface area contributed by atoms with E-state index in [1.807, 2.05) is 6.92 Å². The summed E-state index contributed by atoms with van der Waals surface area (Å²) in [5.41, 5.74) is -0.804. The summed E-state index contributed by atoms with van der Waals surface area (Å²) in [5, 5.41) is 13.1. The summed E-state index contributed by atoms with van der Waals surface area (Å²) in [6, 6.07) is 0. The van der Waals surface area contributed by atoms with E-state index in [0.29, 0.717) is 23.6 Å². The Morgan fingerprint density at radius 1 is 1.50 bits per heavy atom. The van der Waals surface area contributed by atoms with Gasteiger partial charge in [-0.3, -0.25) is 9.59 Å². The van der Waals surface area contributed by atoms with Crippen LogP contribution in [0.4, 0.5) is 0 Å². The molecule has 0 unspecified atom stereocenters. The van der Waals surface area contributed by atoms with E-state index in [9.17, 15) is 14.7 Å². The molecular weight excluding hydrogens is 276 g/mol. The van der Waals surface area contributed by atoms with Gasteiger partial charge in [0.1, 0.15) is 4.88 Å². The van der Waals surface area contributed by atoms with Crippen molar-refractivity contribution in [1.29, 1.82) is 0 Å². The van der Waals surface area contributed by atoms with Crippen LogP contribution in [0.15, 0.2) is 6.20 Å². The zero-order valence-corrected chi connectivity index (χ0v) is 12.6. The van der Waals surface area contributed by atoms with Gasteiger partial charge in [-0.2, -0.15) is 0 Å². The number of hydrogen-bond acceptors (Lipinski definition) is 4. The van der Waals surface area contributed by atoms with E-state index in [1.54, 1.807) is 0 Å². The Labute approximate surface area is 122 Å². The van der Waals surface area contributed by atoms with Crippen molar-refractivity contribution in [3.05, 3.63) is 16.1 Å². The van der Waals surface area contributed by atoms with Gasteiger partial charge in [0.2, 0.25) is 0 Å². The van der Waals surface area contributed by atoms with Crippen LogP contribution in [0.5, 0.6) is 0 Å². The minimum atomic E-state index is -0.804. The van der Waals surface area contributed by atoms with Crippen molar-refractivity contribution in [2.24, 2.45) is 11.3 Å². The van der Waals surface area contributed by atoms with Gasteiger partial charge in [0, 0.05) is 6.54 Å². The summed E-state index contributed by atoms with van der Waals surface area (Å²) in [5.74, 6) is -0.456. The summed E-state index contributed by atoms with van der Waals surface area (Å²) in [7, 11) is 0. The number of nitrogens with one attached hydrogen (secondary N) is 1. The van der Waals surface area contributed by atoms with Crippen molar-refractivity contribution < 1.29 is 14.7 Å². The highest BCUT2D eigenvalue weighted by Crippen LogP contribution is 2.38. The SMILES string of the molecule is Cc1ncc(C(=O)NCC2(C(=O)O)CCC(C)CC2)s1. The number of nitrogens with zero attached hydrogens (tertiary/aromatic N) is 1. The van der Waals surface area contributed by atoms with Gasteiger partial charge in [-0.25, -0.2) is 4.98 Å². The number of carboxylic acids is 1. The smallest absolute Gasteiger partial charge is 0.311 e. The molecule has 0 aromatic carbocycles. The van der Waals surface area contributed by atoms with Crippen molar-refractivity contribution in [1.82, 2.24) is 10.3 Å². The third-order valence-electron chi connectivity index (χ3n) is 4.12. The molecule has 1 amide bonds. The molecule has 5 nitrogen and oxygen atoms in total. The molecule has 1 aromatic rings. The zero-order valence-electron chi connectivity index (χ0n) is 11.8. The van der Waals surface area contributed by atoms with Crippen LogP contribution in [-0.2, 0) is 4.79 Å². The predicted octanol–water partition coefficient (Wildman–Crippen LogP) is 2.46. The Morgan fingerprint density at radius 3 is 2.65 bits per heavy atom. The first-order chi connectivity index (χ1) is 9.43. The van der Waals surface area contributed by atoms with Gasteiger partial charge in [0.15, 0.2) is 0 Å². The molecule has 0 aliphatic heterocycles. The first-order valence-electron chi connectivity index (χ1n) is 6.87. The van der Waals surface area contributed by atoms with Gasteiger partial charge in [0.25, 0.3) is 5.91 Å². The van der Waals surface area contributed by atoms with Crippen molar-refractivity contribution in [2.45, 2.75) is 39.5 Å². The second kappa shape index (κ2) is 5.91. The topological polar surface area (TPSA) is 79.3 Å². The van der Waals surface area contributed by atoms with Crippen LogP contribution < -0.4 is 5.32 Å². The van der Waals surface area contributed by atoms with E-state index in [2.05, 4.69) is 17.2 Å². The lowest BCUT2D eigenvalue weighted by Crippen LogP contribution is -2.45. The molecule has 0 atom stereocenters. The third kappa shape index (κ3) is 3.17. The highest BCUT2D eigenvalue weighted by Gasteiger charge is 2.41. The van der Waals surface area contributed by atoms with E-state index in [4.69, 9.17) is 0 Å². The van der Waals surface area contributed by atoms with E-state index in [-0.39, 0.29) is 12.5 Å². The van der Waals surface area contributed by atoms with Crippen molar-refractivity contribution in [2.75, 3.05) is 6.54 Å². The summed E-state index contributed by atoms with van der Waals surface area (Å²) >= 11 is 1.32. The fraction of sp³-hybridized carbons (Fsp3) is 0.643. The van der Waals surface area contributed by atoms with E-state index in [1.165, 1.54) is 17.5 Å². The number of amides is 1. The number of thiazole rings is 1. The second-order valence-electron chi connectivity index (χ2n) is 5.69. The lowest BCUT2D eigenvalue weighted by atomic mass is 9.71. The summed E-state index contributed by atoms with van der Waals surface area (Å²) < 4.78 is 0. The summed E-state index contributed by atoms with van der Waals surface area (Å²) in [6.07, 6.45) is 4.60. The molecule has 6 heteroatoms. The first kappa shape index (κ1) is 15.0. The molecule has 0 spiro atoms. The highest BCUT2D eigenvalue weighted by molar-refractivity contribution is 7.13. The molecule has 20 heavy (non-hydrogen) atoms. The third-order valence-corrected chi connectivity index (χ3v) is 5.03. The van der Waals surface area contributed by atoms with Gasteiger partial charge in [-0.15, -0.1) is 11.3 Å². The molecule has 2 rings (SSSR count). The number of hydrogen-bond donors (Lipinski definition) is 2. The maximum Gasteiger partial charge on any atom is 0.311 e. The van der Waals surface area contributed by atoms with Crippen molar-refractivity contribution in [3.63, 3.8) is 0 Å². The van der Waals surface area contributed by atoms with Gasteiger partial charge < -0.3 is 10.4 Å². The van der Waals surface area contributed by atoms with E-state index in [0.717, 1.165) is 17.8 Å². The van der Waals surface area contributed by atoms with E-state index >= 15 is 0 Å². The van der Waals surface area contributed by atoms with Crippen LogP contribution >= 0.6 is 11.3 Å². The lowest BCUT2D eigenvalue weighted by Gasteiger charge is -2.35. The number of aromatic nitrogens is 1. The minimum Gasteiger partial charge on any atom is -0.481 e. The molecule has 1 saturated carbocycles. The van der Waals surface area contributed by atoms with Crippen molar-refractivity contribution >= 4 is 23.2 Å². The number of rotatable bonds is 4. The number of aryl methyl sites for hydroxylation is 1. The number of carbonyl (C=O) groups excluding carboxylic acids is 1.